The number of aryl methyl sites for hydroxylation is 1. The van der Waals surface area contributed by atoms with Gasteiger partial charge in [-0.05, 0) is 36.1 Å². The van der Waals surface area contributed by atoms with Crippen LogP contribution in [0.3, 0.4) is 0 Å². The minimum absolute atomic E-state index is 0.0221. The number of hydrogen-bond acceptors (Lipinski definition) is 7. The Labute approximate surface area is 150 Å². The second-order valence-corrected chi connectivity index (χ2v) is 5.96. The van der Waals surface area contributed by atoms with Crippen LogP contribution in [0.4, 0.5) is 11.5 Å². The van der Waals surface area contributed by atoms with Gasteiger partial charge in [0, 0.05) is 25.6 Å². The van der Waals surface area contributed by atoms with Crippen LogP contribution >= 0.6 is 0 Å². The number of carbonyl (C=O) groups excluding carboxylic acids is 1. The molecule has 2 aromatic rings. The summed E-state index contributed by atoms with van der Waals surface area (Å²) >= 11 is 0. The minimum atomic E-state index is -0.511. The molecule has 136 valence electrons. The van der Waals surface area contributed by atoms with E-state index in [9.17, 15) is 14.9 Å². The van der Waals surface area contributed by atoms with Gasteiger partial charge in [0.05, 0.1) is 11.3 Å². The van der Waals surface area contributed by atoms with Crippen LogP contribution in [0.25, 0.3) is 0 Å². The Bertz CT molecular complexity index is 857. The largest absolute Gasteiger partial charge is 0.458 e. The molecule has 0 amide bonds. The van der Waals surface area contributed by atoms with Gasteiger partial charge in [-0.1, -0.05) is 0 Å². The summed E-state index contributed by atoms with van der Waals surface area (Å²) in [6.07, 6.45) is 2.13. The lowest BCUT2D eigenvalue weighted by atomic mass is 10.2. The Kier molecular flexibility index (Phi) is 4.97. The average molecular weight is 357 g/mol. The zero-order chi connectivity index (χ0) is 18.7. The highest BCUT2D eigenvalue weighted by molar-refractivity contribution is 5.90. The van der Waals surface area contributed by atoms with Gasteiger partial charge in [0.1, 0.15) is 19.3 Å². The molecule has 26 heavy (non-hydrogen) atoms. The van der Waals surface area contributed by atoms with Gasteiger partial charge in [-0.25, -0.2) is 14.3 Å². The number of imidazole rings is 1. The molecule has 0 atom stereocenters. The minimum Gasteiger partial charge on any atom is -0.458 e. The number of esters is 1. The number of rotatable bonds is 6. The molecule has 0 radical (unpaired) electrons. The van der Waals surface area contributed by atoms with Gasteiger partial charge in [-0.3, -0.25) is 5.01 Å². The van der Waals surface area contributed by atoms with Crippen LogP contribution in [-0.2, 0) is 11.3 Å². The van der Waals surface area contributed by atoms with Crippen LogP contribution < -0.4 is 5.01 Å². The Balaban J connectivity index is 1.57. The summed E-state index contributed by atoms with van der Waals surface area (Å²) in [7, 11) is 0. The van der Waals surface area contributed by atoms with E-state index in [1.165, 1.54) is 10.8 Å². The lowest BCUT2D eigenvalue weighted by Gasteiger charge is -2.13. The van der Waals surface area contributed by atoms with E-state index in [0.29, 0.717) is 11.4 Å². The number of ether oxygens (including phenoxy) is 1. The molecule has 0 bridgehead atoms. The lowest BCUT2D eigenvalue weighted by molar-refractivity contribution is -0.392. The Morgan fingerprint density at radius 2 is 2.04 bits per heavy atom. The number of nitro groups is 1. The highest BCUT2D eigenvalue weighted by atomic mass is 16.6. The Morgan fingerprint density at radius 1 is 1.31 bits per heavy atom. The normalized spacial score (nSPS) is 13.6. The van der Waals surface area contributed by atoms with E-state index in [-0.39, 0.29) is 19.0 Å². The summed E-state index contributed by atoms with van der Waals surface area (Å²) in [5.74, 6) is -0.0963. The highest BCUT2D eigenvalue weighted by Crippen LogP contribution is 2.20. The molecule has 2 heterocycles. The summed E-state index contributed by atoms with van der Waals surface area (Å²) < 4.78 is 6.63. The molecular weight excluding hydrogens is 338 g/mol. The summed E-state index contributed by atoms with van der Waals surface area (Å²) in [6, 6.07) is 7.02. The maximum absolute atomic E-state index is 12.1. The highest BCUT2D eigenvalue weighted by Gasteiger charge is 2.18. The van der Waals surface area contributed by atoms with Crippen molar-refractivity contribution in [3.8, 4) is 0 Å². The van der Waals surface area contributed by atoms with Crippen LogP contribution in [0, 0.1) is 17.0 Å². The summed E-state index contributed by atoms with van der Waals surface area (Å²) in [6.45, 7) is 4.68. The van der Waals surface area contributed by atoms with E-state index in [2.05, 4.69) is 10.1 Å². The molecule has 0 saturated heterocycles. The van der Waals surface area contributed by atoms with Gasteiger partial charge in [0.2, 0.25) is 0 Å². The summed E-state index contributed by atoms with van der Waals surface area (Å²) in [4.78, 5) is 26.5. The molecule has 1 aliphatic heterocycles. The molecule has 9 nitrogen and oxygen atoms in total. The average Bonchev–Trinajstić information content (AvgIpc) is 3.21. The maximum atomic E-state index is 12.1. The van der Waals surface area contributed by atoms with E-state index < -0.39 is 10.9 Å². The van der Waals surface area contributed by atoms with Gasteiger partial charge in [0.25, 0.3) is 0 Å². The van der Waals surface area contributed by atoms with E-state index >= 15 is 0 Å². The molecule has 0 fully saturated rings. The molecule has 0 unspecified atom stereocenters. The fourth-order valence-electron chi connectivity index (χ4n) is 2.72. The van der Waals surface area contributed by atoms with Gasteiger partial charge < -0.3 is 14.9 Å². The predicted molar refractivity (Wildman–Crippen MR) is 95.4 cm³/mol. The van der Waals surface area contributed by atoms with Crippen molar-refractivity contribution in [2.45, 2.75) is 26.8 Å². The number of aromatic nitrogens is 2. The predicted octanol–water partition coefficient (Wildman–Crippen LogP) is 2.54. The standard InChI is InChI=1S/C17H19N5O4/c1-12-7-8-21(19-12)15-5-3-14(4-6-15)17(23)26-10-9-20-13(2)18-11-16(20)22(24)25/h3-6,11H,7-10H2,1-2H3. The van der Waals surface area contributed by atoms with Crippen molar-refractivity contribution in [3.63, 3.8) is 0 Å². The van der Waals surface area contributed by atoms with Gasteiger partial charge in [0.15, 0.2) is 5.82 Å². The van der Waals surface area contributed by atoms with Gasteiger partial charge in [-0.2, -0.15) is 5.10 Å². The quantitative estimate of drug-likeness (QED) is 0.447. The smallest absolute Gasteiger partial charge is 0.342 e. The van der Waals surface area contributed by atoms with Crippen LogP contribution in [0.2, 0.25) is 0 Å². The molecule has 1 aromatic carbocycles. The number of hydrogen-bond donors (Lipinski definition) is 0. The zero-order valence-electron chi connectivity index (χ0n) is 14.6. The molecular formula is C17H19N5O4. The van der Waals surface area contributed by atoms with Gasteiger partial charge >= 0.3 is 11.8 Å². The van der Waals surface area contributed by atoms with Gasteiger partial charge in [-0.15, -0.1) is 0 Å². The number of carbonyl (C=O) groups is 1. The first-order valence-electron chi connectivity index (χ1n) is 8.21. The summed E-state index contributed by atoms with van der Waals surface area (Å²) in [5.41, 5.74) is 2.42. The van der Waals surface area contributed by atoms with Crippen LogP contribution in [-0.4, -0.2) is 39.3 Å². The second kappa shape index (κ2) is 7.34. The molecule has 0 spiro atoms. The van der Waals surface area contributed by atoms with Crippen molar-refractivity contribution < 1.29 is 14.5 Å². The number of nitrogens with zero attached hydrogens (tertiary/aromatic N) is 5. The number of benzene rings is 1. The van der Waals surface area contributed by atoms with Crippen LogP contribution in [0.15, 0.2) is 35.6 Å². The molecule has 9 heteroatoms. The monoisotopic (exact) mass is 357 g/mol. The SMILES string of the molecule is CC1=NN(c2ccc(C(=O)OCCn3c([N+](=O)[O-])cnc3C)cc2)CC1. The second-order valence-electron chi connectivity index (χ2n) is 5.96. The third-order valence-corrected chi connectivity index (χ3v) is 4.15. The van der Waals surface area contributed by atoms with E-state index in [1.807, 2.05) is 24.1 Å². The lowest BCUT2D eigenvalue weighted by Crippen LogP contribution is -2.14. The molecule has 0 saturated carbocycles. The maximum Gasteiger partial charge on any atom is 0.342 e. The fourth-order valence-corrected chi connectivity index (χ4v) is 2.72. The van der Waals surface area contributed by atoms with Crippen molar-refractivity contribution in [2.24, 2.45) is 5.10 Å². The van der Waals surface area contributed by atoms with Crippen molar-refractivity contribution >= 4 is 23.2 Å². The Morgan fingerprint density at radius 3 is 2.65 bits per heavy atom. The first-order chi connectivity index (χ1) is 12.5. The van der Waals surface area contributed by atoms with E-state index in [4.69, 9.17) is 4.74 Å². The molecule has 3 rings (SSSR count). The first kappa shape index (κ1) is 17.6. The van der Waals surface area contributed by atoms with Crippen molar-refractivity contribution in [1.29, 1.82) is 0 Å². The molecule has 1 aliphatic rings. The van der Waals surface area contributed by atoms with Crippen molar-refractivity contribution in [3.05, 3.63) is 52.0 Å². The number of anilines is 1. The Hall–Kier alpha value is -3.23. The van der Waals surface area contributed by atoms with Crippen LogP contribution in [0.5, 0.6) is 0 Å². The fraction of sp³-hybridized carbons (Fsp3) is 0.353. The third-order valence-electron chi connectivity index (χ3n) is 4.15. The zero-order valence-corrected chi connectivity index (χ0v) is 14.6. The molecule has 1 aromatic heterocycles. The van der Waals surface area contributed by atoms with E-state index in [1.54, 1.807) is 19.1 Å². The molecule has 0 N–H and O–H groups in total. The van der Waals surface area contributed by atoms with Crippen molar-refractivity contribution in [2.75, 3.05) is 18.2 Å². The van der Waals surface area contributed by atoms with Crippen LogP contribution in [0.1, 0.15) is 29.5 Å². The van der Waals surface area contributed by atoms with E-state index in [0.717, 1.165) is 24.4 Å². The summed E-state index contributed by atoms with van der Waals surface area (Å²) in [5, 5.41) is 17.2. The number of hydrazone groups is 1. The third kappa shape index (κ3) is 3.71. The topological polar surface area (TPSA) is 103 Å². The first-order valence-corrected chi connectivity index (χ1v) is 8.21. The van der Waals surface area contributed by atoms with Crippen molar-refractivity contribution in [1.82, 2.24) is 9.55 Å². The molecule has 0 aliphatic carbocycles.